The highest BCUT2D eigenvalue weighted by molar-refractivity contribution is 5.76. The van der Waals surface area contributed by atoms with Crippen LogP contribution in [0.2, 0.25) is 0 Å². The van der Waals surface area contributed by atoms with E-state index in [9.17, 15) is 4.79 Å². The third-order valence-corrected chi connectivity index (χ3v) is 5.07. The number of nitrogens with zero attached hydrogens (tertiary/aromatic N) is 2. The summed E-state index contributed by atoms with van der Waals surface area (Å²) in [5.74, 6) is 2.31. The number of hydrogen-bond donors (Lipinski definition) is 1. The van der Waals surface area contributed by atoms with Crippen molar-refractivity contribution in [1.29, 1.82) is 0 Å². The maximum Gasteiger partial charge on any atom is 0.227 e. The molecule has 3 aromatic carbocycles. The zero-order chi connectivity index (χ0) is 22.9. The predicted octanol–water partition coefficient (Wildman–Crippen LogP) is 4.57. The van der Waals surface area contributed by atoms with Crippen molar-refractivity contribution >= 4 is 5.91 Å². The maximum atomic E-state index is 12.4. The number of amides is 1. The Morgan fingerprint density at radius 2 is 1.73 bits per heavy atom. The summed E-state index contributed by atoms with van der Waals surface area (Å²) >= 11 is 0. The minimum atomic E-state index is -0.0999. The monoisotopic (exact) mass is 443 g/mol. The van der Waals surface area contributed by atoms with Crippen molar-refractivity contribution in [3.05, 3.63) is 95.9 Å². The van der Waals surface area contributed by atoms with E-state index in [2.05, 4.69) is 15.5 Å². The van der Waals surface area contributed by atoms with Crippen molar-refractivity contribution in [1.82, 2.24) is 15.5 Å². The molecule has 0 saturated heterocycles. The molecule has 0 bridgehead atoms. The molecule has 1 heterocycles. The summed E-state index contributed by atoms with van der Waals surface area (Å²) in [6.45, 7) is 0.851. The van der Waals surface area contributed by atoms with E-state index in [0.717, 1.165) is 28.2 Å². The van der Waals surface area contributed by atoms with Crippen LogP contribution in [0.4, 0.5) is 0 Å². The molecule has 0 aliphatic heterocycles. The van der Waals surface area contributed by atoms with Gasteiger partial charge in [0.15, 0.2) is 0 Å². The van der Waals surface area contributed by atoms with Crippen molar-refractivity contribution < 1.29 is 18.8 Å². The molecule has 0 aliphatic rings. The van der Waals surface area contributed by atoms with E-state index in [-0.39, 0.29) is 12.3 Å². The number of carbonyl (C=O) groups is 1. The lowest BCUT2D eigenvalue weighted by Crippen LogP contribution is -2.23. The second kappa shape index (κ2) is 10.9. The van der Waals surface area contributed by atoms with E-state index in [4.69, 9.17) is 14.0 Å². The fraction of sp³-hybridized carbons (Fsp3) is 0.192. The molecule has 1 amide bonds. The molecule has 1 N–H and O–H groups in total. The van der Waals surface area contributed by atoms with Crippen LogP contribution in [-0.4, -0.2) is 23.2 Å². The van der Waals surface area contributed by atoms with Gasteiger partial charge in [-0.15, -0.1) is 0 Å². The molecule has 168 valence electrons. The molecule has 7 heteroatoms. The molecule has 4 aromatic rings. The van der Waals surface area contributed by atoms with Crippen LogP contribution in [0.3, 0.4) is 0 Å². The van der Waals surface area contributed by atoms with Gasteiger partial charge in [0.25, 0.3) is 0 Å². The summed E-state index contributed by atoms with van der Waals surface area (Å²) in [5.41, 5.74) is 2.83. The largest absolute Gasteiger partial charge is 0.497 e. The van der Waals surface area contributed by atoms with Crippen molar-refractivity contribution in [2.45, 2.75) is 26.0 Å². The average Bonchev–Trinajstić information content (AvgIpc) is 3.35. The highest BCUT2D eigenvalue weighted by Gasteiger charge is 2.12. The number of benzene rings is 3. The van der Waals surface area contributed by atoms with E-state index in [1.807, 2.05) is 78.9 Å². The Kier molecular flexibility index (Phi) is 7.33. The van der Waals surface area contributed by atoms with Crippen LogP contribution in [0.15, 0.2) is 83.4 Å². The molecular weight excluding hydrogens is 418 g/mol. The zero-order valence-corrected chi connectivity index (χ0v) is 18.4. The highest BCUT2D eigenvalue weighted by atomic mass is 16.5. The van der Waals surface area contributed by atoms with Gasteiger partial charge in [0.05, 0.1) is 7.11 Å². The first-order chi connectivity index (χ1) is 16.2. The van der Waals surface area contributed by atoms with Crippen LogP contribution in [0.1, 0.15) is 23.4 Å². The minimum absolute atomic E-state index is 0.0999. The molecule has 7 nitrogen and oxygen atoms in total. The van der Waals surface area contributed by atoms with E-state index >= 15 is 0 Å². The van der Waals surface area contributed by atoms with E-state index in [1.54, 1.807) is 7.11 Å². The Bertz CT molecular complexity index is 1170. The second-order valence-corrected chi connectivity index (χ2v) is 7.40. The van der Waals surface area contributed by atoms with Crippen molar-refractivity contribution in [2.24, 2.45) is 0 Å². The SMILES string of the molecule is COc1ccc(-c2noc(CCC(=O)NCc3ccccc3OCc3ccccc3)n2)cc1. The molecule has 0 atom stereocenters. The summed E-state index contributed by atoms with van der Waals surface area (Å²) in [4.78, 5) is 16.7. The lowest BCUT2D eigenvalue weighted by atomic mass is 10.2. The molecule has 0 aliphatic carbocycles. The van der Waals surface area contributed by atoms with Crippen LogP contribution in [0.5, 0.6) is 11.5 Å². The first kappa shape index (κ1) is 22.1. The number of nitrogens with one attached hydrogen (secondary N) is 1. The summed E-state index contributed by atoms with van der Waals surface area (Å²) < 4.78 is 16.4. The second-order valence-electron chi connectivity index (χ2n) is 7.40. The normalized spacial score (nSPS) is 10.6. The Balaban J connectivity index is 1.26. The fourth-order valence-corrected chi connectivity index (χ4v) is 3.24. The lowest BCUT2D eigenvalue weighted by molar-refractivity contribution is -0.121. The topological polar surface area (TPSA) is 86.5 Å². The molecular formula is C26H25N3O4. The van der Waals surface area contributed by atoms with Crippen molar-refractivity contribution in [3.8, 4) is 22.9 Å². The Labute approximate surface area is 192 Å². The third-order valence-electron chi connectivity index (χ3n) is 5.07. The quantitative estimate of drug-likeness (QED) is 0.386. The van der Waals surface area contributed by atoms with Crippen LogP contribution in [-0.2, 0) is 24.4 Å². The molecule has 0 fully saturated rings. The third kappa shape index (κ3) is 6.20. The molecule has 1 aromatic heterocycles. The Morgan fingerprint density at radius 1 is 0.970 bits per heavy atom. The van der Waals surface area contributed by atoms with Gasteiger partial charge in [-0.1, -0.05) is 53.7 Å². The van der Waals surface area contributed by atoms with Gasteiger partial charge < -0.3 is 19.3 Å². The minimum Gasteiger partial charge on any atom is -0.497 e. The summed E-state index contributed by atoms with van der Waals surface area (Å²) in [6.07, 6.45) is 0.610. The summed E-state index contributed by atoms with van der Waals surface area (Å²) in [6, 6.07) is 25.0. The average molecular weight is 444 g/mol. The van der Waals surface area contributed by atoms with E-state index in [0.29, 0.717) is 31.3 Å². The number of methoxy groups -OCH3 is 1. The molecule has 0 unspecified atom stereocenters. The van der Waals surface area contributed by atoms with Crippen LogP contribution in [0.25, 0.3) is 11.4 Å². The smallest absolute Gasteiger partial charge is 0.227 e. The van der Waals surface area contributed by atoms with Crippen LogP contribution >= 0.6 is 0 Å². The van der Waals surface area contributed by atoms with Gasteiger partial charge in [-0.25, -0.2) is 0 Å². The summed E-state index contributed by atoms with van der Waals surface area (Å²) in [7, 11) is 1.61. The van der Waals surface area contributed by atoms with Crippen molar-refractivity contribution in [3.63, 3.8) is 0 Å². The number of ether oxygens (including phenoxy) is 2. The van der Waals surface area contributed by atoms with Gasteiger partial charge in [-0.2, -0.15) is 4.98 Å². The van der Waals surface area contributed by atoms with E-state index < -0.39 is 0 Å². The number of para-hydroxylation sites is 1. The fourth-order valence-electron chi connectivity index (χ4n) is 3.24. The van der Waals surface area contributed by atoms with Crippen LogP contribution < -0.4 is 14.8 Å². The van der Waals surface area contributed by atoms with Gasteiger partial charge >= 0.3 is 0 Å². The standard InChI is InChI=1S/C26H25N3O4/c1-31-22-13-11-20(12-14-22)26-28-25(33-29-26)16-15-24(30)27-17-21-9-5-6-10-23(21)32-18-19-7-3-2-4-8-19/h2-14H,15-18H2,1H3,(H,27,30). The molecule has 33 heavy (non-hydrogen) atoms. The number of aryl methyl sites for hydroxylation is 1. The highest BCUT2D eigenvalue weighted by Crippen LogP contribution is 2.21. The van der Waals surface area contributed by atoms with Crippen molar-refractivity contribution in [2.75, 3.05) is 7.11 Å². The Hall–Kier alpha value is -4.13. The van der Waals surface area contributed by atoms with Gasteiger partial charge in [0.2, 0.25) is 17.6 Å². The first-order valence-corrected chi connectivity index (χ1v) is 10.7. The number of carbonyl (C=O) groups excluding carboxylic acids is 1. The van der Waals surface area contributed by atoms with Crippen LogP contribution in [0, 0.1) is 0 Å². The molecule has 0 saturated carbocycles. The number of hydrogen-bond acceptors (Lipinski definition) is 6. The summed E-state index contributed by atoms with van der Waals surface area (Å²) in [5, 5.41) is 6.93. The van der Waals surface area contributed by atoms with Gasteiger partial charge in [0, 0.05) is 30.5 Å². The van der Waals surface area contributed by atoms with E-state index in [1.165, 1.54) is 0 Å². The van der Waals surface area contributed by atoms with Gasteiger partial charge in [-0.3, -0.25) is 4.79 Å². The van der Waals surface area contributed by atoms with Gasteiger partial charge in [0.1, 0.15) is 18.1 Å². The zero-order valence-electron chi connectivity index (χ0n) is 18.4. The predicted molar refractivity (Wildman–Crippen MR) is 124 cm³/mol. The Morgan fingerprint density at radius 3 is 2.52 bits per heavy atom. The molecule has 0 radical (unpaired) electrons. The maximum absolute atomic E-state index is 12.4. The number of aromatic nitrogens is 2. The first-order valence-electron chi connectivity index (χ1n) is 10.7. The number of rotatable bonds is 10. The molecule has 0 spiro atoms. The van der Waals surface area contributed by atoms with Gasteiger partial charge in [-0.05, 0) is 35.9 Å². The lowest BCUT2D eigenvalue weighted by Gasteiger charge is -2.12. The molecule has 4 rings (SSSR count).